The monoisotopic (exact) mass is 415 g/mol. The molecule has 0 saturated carbocycles. The van der Waals surface area contributed by atoms with E-state index in [9.17, 15) is 23.9 Å². The first kappa shape index (κ1) is 24.2. The Morgan fingerprint density at radius 3 is 1.38 bits per heavy atom. The molecule has 2 atom stereocenters. The predicted octanol–water partition coefficient (Wildman–Crippen LogP) is -1.20. The molecule has 0 aliphatic carbocycles. The van der Waals surface area contributed by atoms with Gasteiger partial charge in [0.25, 0.3) is 0 Å². The van der Waals surface area contributed by atoms with Crippen LogP contribution in [0.4, 0.5) is 0 Å². The Hall–Kier alpha value is 0.160. The summed E-state index contributed by atoms with van der Waals surface area (Å²) in [5.74, 6) is 0. The van der Waals surface area contributed by atoms with Crippen LogP contribution in [0.5, 0.6) is 0 Å². The highest BCUT2D eigenvalue weighted by Crippen LogP contribution is 2.48. The minimum Gasteiger partial charge on any atom is -0.366 e. The van der Waals surface area contributed by atoms with Crippen molar-refractivity contribution in [3.63, 3.8) is 0 Å². The molecule has 2 unspecified atom stereocenters. The zero-order chi connectivity index (χ0) is 19.2. The summed E-state index contributed by atoms with van der Waals surface area (Å²) in [6.45, 7) is -0.559. The van der Waals surface area contributed by atoms with Crippen molar-refractivity contribution in [1.82, 2.24) is 0 Å². The molecule has 16 heteroatoms. The molecular formula is C8H22N2O11P3+. The van der Waals surface area contributed by atoms with E-state index >= 15 is 0 Å². The first-order valence-corrected chi connectivity index (χ1v) is 10.8. The van der Waals surface area contributed by atoms with Crippen molar-refractivity contribution in [2.45, 2.75) is 36.6 Å². The maximum atomic E-state index is 11.3. The van der Waals surface area contributed by atoms with Gasteiger partial charge >= 0.3 is 23.4 Å². The Labute approximate surface area is 138 Å². The van der Waals surface area contributed by atoms with Gasteiger partial charge in [-0.25, -0.2) is 0 Å². The van der Waals surface area contributed by atoms with Crippen LogP contribution in [0.3, 0.4) is 0 Å². The summed E-state index contributed by atoms with van der Waals surface area (Å²) in [5, 5.41) is 18.6. The lowest BCUT2D eigenvalue weighted by Crippen LogP contribution is -2.39. The largest absolute Gasteiger partial charge is 0.697 e. The maximum Gasteiger partial charge on any atom is 0.697 e. The van der Waals surface area contributed by atoms with Gasteiger partial charge in [-0.05, 0) is 12.8 Å². The summed E-state index contributed by atoms with van der Waals surface area (Å²) in [7, 11) is -12.4. The molecule has 0 aromatic carbocycles. The van der Waals surface area contributed by atoms with Crippen LogP contribution in [0.25, 0.3) is 0 Å². The third-order valence-corrected chi connectivity index (χ3v) is 6.03. The van der Waals surface area contributed by atoms with Gasteiger partial charge in [0, 0.05) is 17.4 Å². The van der Waals surface area contributed by atoms with E-state index < -0.39 is 47.2 Å². The molecule has 24 heavy (non-hydrogen) atoms. The Balaban J connectivity index is 3.94. The summed E-state index contributed by atoms with van der Waals surface area (Å²) >= 11 is 0. The van der Waals surface area contributed by atoms with E-state index in [4.69, 9.17) is 31.0 Å². The second-order valence-electron chi connectivity index (χ2n) is 4.94. The first-order valence-electron chi connectivity index (χ1n) is 6.47. The summed E-state index contributed by atoms with van der Waals surface area (Å²) in [6, 6.07) is 0. The molecule has 0 rings (SSSR count). The second-order valence-corrected chi connectivity index (χ2v) is 9.63. The molecule has 0 aliphatic heterocycles. The van der Waals surface area contributed by atoms with Gasteiger partial charge in [0.05, 0.1) is 0 Å². The summed E-state index contributed by atoms with van der Waals surface area (Å²) in [4.78, 5) is 35.0. The van der Waals surface area contributed by atoms with E-state index in [1.54, 1.807) is 0 Å². The fraction of sp³-hybridized carbons (Fsp3) is 1.00. The van der Waals surface area contributed by atoms with Crippen LogP contribution >= 0.6 is 23.4 Å². The lowest BCUT2D eigenvalue weighted by molar-refractivity contribution is 0.0781. The van der Waals surface area contributed by atoms with Crippen LogP contribution in [0, 0.1) is 0 Å². The molecule has 0 radical (unpaired) electrons. The normalized spacial score (nSPS) is 18.8. The van der Waals surface area contributed by atoms with E-state index in [1.807, 2.05) is 0 Å². The lowest BCUT2D eigenvalue weighted by Gasteiger charge is -2.23. The van der Waals surface area contributed by atoms with Gasteiger partial charge in [0.1, 0.15) is 13.2 Å². The molecule has 0 spiro atoms. The summed E-state index contributed by atoms with van der Waals surface area (Å²) in [6.07, 6.45) is -1.27. The Bertz CT molecular complexity index is 469. The second kappa shape index (κ2) is 9.20. The van der Waals surface area contributed by atoms with E-state index in [0.29, 0.717) is 0 Å². The lowest BCUT2D eigenvalue weighted by atomic mass is 10.3. The van der Waals surface area contributed by atoms with Gasteiger partial charge in [0.2, 0.25) is 10.9 Å². The zero-order valence-electron chi connectivity index (χ0n) is 12.5. The van der Waals surface area contributed by atoms with Gasteiger partial charge in [-0.2, -0.15) is 0 Å². The average molecular weight is 415 g/mol. The molecular weight excluding hydrogens is 393 g/mol. The highest BCUT2D eigenvalue weighted by molar-refractivity contribution is 7.53. The average Bonchev–Trinajstić information content (AvgIpc) is 2.37. The van der Waals surface area contributed by atoms with Gasteiger partial charge in [-0.1, -0.05) is 0 Å². The topological polar surface area (TPSA) is 243 Å². The van der Waals surface area contributed by atoms with Crippen LogP contribution in [-0.4, -0.2) is 53.9 Å². The number of nitrogens with two attached hydrogens (primary N) is 2. The van der Waals surface area contributed by atoms with Crippen molar-refractivity contribution in [3.05, 3.63) is 0 Å². The van der Waals surface area contributed by atoms with Gasteiger partial charge in [-0.15, -0.1) is 9.05 Å². The number of hydrogen-bond donors (Lipinski definition) is 8. The predicted molar refractivity (Wildman–Crippen MR) is 80.3 cm³/mol. The van der Waals surface area contributed by atoms with Gasteiger partial charge < -0.3 is 29.8 Å². The number of aliphatic hydroxyl groups is 2. The van der Waals surface area contributed by atoms with E-state index in [0.717, 1.165) is 0 Å². The molecule has 0 amide bonds. The molecule has 13 nitrogen and oxygen atoms in total. The van der Waals surface area contributed by atoms with Crippen molar-refractivity contribution < 1.29 is 52.5 Å². The fourth-order valence-corrected chi connectivity index (χ4v) is 2.80. The van der Waals surface area contributed by atoms with Crippen molar-refractivity contribution >= 4 is 23.4 Å². The molecule has 0 bridgehead atoms. The van der Waals surface area contributed by atoms with Crippen LogP contribution in [-0.2, 0) is 22.7 Å². The van der Waals surface area contributed by atoms with Crippen molar-refractivity contribution in [1.29, 1.82) is 0 Å². The fourth-order valence-electron chi connectivity index (χ4n) is 1.27. The van der Waals surface area contributed by atoms with Crippen LogP contribution in [0.2, 0.25) is 0 Å². The third-order valence-electron chi connectivity index (χ3n) is 2.78. The first-order chi connectivity index (χ1) is 10.6. The van der Waals surface area contributed by atoms with Crippen molar-refractivity contribution in [2.75, 3.05) is 13.2 Å². The third kappa shape index (κ3) is 8.50. The Morgan fingerprint density at radius 1 is 0.833 bits per heavy atom. The molecule has 0 fully saturated rings. The quantitative estimate of drug-likeness (QED) is 0.106. The van der Waals surface area contributed by atoms with Crippen LogP contribution in [0.15, 0.2) is 0 Å². The van der Waals surface area contributed by atoms with E-state index in [2.05, 4.69) is 9.05 Å². The van der Waals surface area contributed by atoms with Crippen LogP contribution < -0.4 is 11.5 Å². The minimum atomic E-state index is -4.91. The Morgan fingerprint density at radius 2 is 1.12 bits per heavy atom. The molecule has 0 heterocycles. The molecule has 0 aromatic heterocycles. The van der Waals surface area contributed by atoms with E-state index in [-0.39, 0.29) is 26.1 Å². The number of hydrogen-bond acceptors (Lipinski definition) is 9. The SMILES string of the molecule is NC(O)(CCCO[P+](=O)OCCCC(N)(O)P(=O)(O)O)P(=O)(O)O. The van der Waals surface area contributed by atoms with Crippen molar-refractivity contribution in [2.24, 2.45) is 11.5 Å². The maximum absolute atomic E-state index is 11.3. The Kier molecular flexibility index (Phi) is 9.26. The number of rotatable bonds is 12. The summed E-state index contributed by atoms with van der Waals surface area (Å²) < 4.78 is 42.3. The zero-order valence-corrected chi connectivity index (χ0v) is 15.1. The van der Waals surface area contributed by atoms with E-state index in [1.165, 1.54) is 0 Å². The highest BCUT2D eigenvalue weighted by Gasteiger charge is 2.42. The molecule has 144 valence electrons. The molecule has 0 saturated heterocycles. The van der Waals surface area contributed by atoms with Gasteiger partial charge in [-0.3, -0.25) is 20.6 Å². The smallest absolute Gasteiger partial charge is 0.366 e. The molecule has 10 N–H and O–H groups in total. The van der Waals surface area contributed by atoms with Crippen LogP contribution in [0.1, 0.15) is 25.7 Å². The van der Waals surface area contributed by atoms with Gasteiger partial charge in [0.15, 0.2) is 0 Å². The van der Waals surface area contributed by atoms with Crippen molar-refractivity contribution in [3.8, 4) is 0 Å². The minimum absolute atomic E-state index is 0.122. The standard InChI is InChI=1S/C8H21N2O11P3/c9-7(11,23(14,15)16)3-1-5-20-22(13)21-6-2-4-8(10,12)24(17,18)19/h11-12H,1-6,9-10H2,(H3-,14,15,16,17,18,19)/p+1. The molecule has 0 aromatic rings. The summed E-state index contributed by atoms with van der Waals surface area (Å²) in [5.41, 5.74) is 4.61. The molecule has 0 aliphatic rings. The highest BCUT2D eigenvalue weighted by atomic mass is 31.2.